The van der Waals surface area contributed by atoms with E-state index in [1.807, 2.05) is 20.8 Å². The molecular weight excluding hydrogens is 304 g/mol. The fraction of sp³-hybridized carbons (Fsp3) is 0.850. The summed E-state index contributed by atoms with van der Waals surface area (Å²) in [4.78, 5) is 12.4. The minimum absolute atomic E-state index is 0.0168. The number of allylic oxidation sites excluding steroid dienone is 1. The van der Waals surface area contributed by atoms with Gasteiger partial charge in [-0.1, -0.05) is 18.6 Å². The van der Waals surface area contributed by atoms with Gasteiger partial charge in [-0.25, -0.2) is 0 Å². The molecule has 134 valence electrons. The topological polar surface area (TPSA) is 48.1 Å². The maximum Gasteiger partial charge on any atom is 0.311 e. The van der Waals surface area contributed by atoms with Gasteiger partial charge in [0.15, 0.2) is 0 Å². The number of rotatable bonds is 2. The fourth-order valence-corrected chi connectivity index (χ4v) is 5.37. The molecule has 0 radical (unpaired) electrons. The number of epoxide rings is 1. The first-order valence-electron chi connectivity index (χ1n) is 9.29. The number of hydrogen-bond donors (Lipinski definition) is 0. The first-order valence-corrected chi connectivity index (χ1v) is 9.29. The Bertz CT molecular complexity index is 597. The molecule has 0 aromatic carbocycles. The molecule has 1 spiro atoms. The Kier molecular flexibility index (Phi) is 3.35. The molecule has 2 aliphatic carbocycles. The number of esters is 1. The number of carbonyl (C=O) groups excluding carboxylic acids is 1. The van der Waals surface area contributed by atoms with Crippen LogP contribution in [0.5, 0.6) is 0 Å². The van der Waals surface area contributed by atoms with Crippen LogP contribution in [0.2, 0.25) is 0 Å². The van der Waals surface area contributed by atoms with Gasteiger partial charge in [-0.2, -0.15) is 0 Å². The van der Waals surface area contributed by atoms with E-state index in [-0.39, 0.29) is 34.6 Å². The Hall–Kier alpha value is -0.870. The monoisotopic (exact) mass is 334 g/mol. The quantitative estimate of drug-likeness (QED) is 0.439. The van der Waals surface area contributed by atoms with Gasteiger partial charge in [0.2, 0.25) is 0 Å². The molecule has 2 bridgehead atoms. The maximum atomic E-state index is 12.4. The Balaban J connectivity index is 1.69. The summed E-state index contributed by atoms with van der Waals surface area (Å²) < 4.78 is 18.4. The molecule has 2 aliphatic heterocycles. The molecule has 2 saturated heterocycles. The molecule has 0 N–H and O–H groups in total. The summed E-state index contributed by atoms with van der Waals surface area (Å²) in [7, 11) is 0. The molecule has 3 fully saturated rings. The van der Waals surface area contributed by atoms with Crippen molar-refractivity contribution >= 4 is 5.97 Å². The van der Waals surface area contributed by atoms with Gasteiger partial charge in [-0.05, 0) is 53.4 Å². The fourth-order valence-electron chi connectivity index (χ4n) is 5.37. The van der Waals surface area contributed by atoms with Crippen molar-refractivity contribution in [2.45, 2.75) is 78.1 Å². The van der Waals surface area contributed by atoms with Crippen molar-refractivity contribution in [2.75, 3.05) is 13.2 Å². The smallest absolute Gasteiger partial charge is 0.311 e. The second-order valence-electron chi connectivity index (χ2n) is 9.59. The Morgan fingerprint density at radius 1 is 1.38 bits per heavy atom. The standard InChI is InChI=1S/C20H30O4/c1-13-6-9-19(11-22-16(21)17(2,3)4)15(10-13)24-14-7-8-18(19,5)20(14)12-23-20/h10,14-15H,6-9,11-12H2,1-5H3/t14?,15-,18?,19-,20?/m1/s1. The third-order valence-corrected chi connectivity index (χ3v) is 7.24. The highest BCUT2D eigenvalue weighted by Crippen LogP contribution is 2.71. The van der Waals surface area contributed by atoms with E-state index in [4.69, 9.17) is 14.2 Å². The molecule has 2 heterocycles. The van der Waals surface area contributed by atoms with Crippen molar-refractivity contribution < 1.29 is 19.0 Å². The lowest BCUT2D eigenvalue weighted by molar-refractivity contribution is -0.219. The third-order valence-electron chi connectivity index (χ3n) is 7.24. The summed E-state index contributed by atoms with van der Waals surface area (Å²) in [6.45, 7) is 11.5. The third kappa shape index (κ3) is 1.96. The lowest BCUT2D eigenvalue weighted by Gasteiger charge is -2.57. The van der Waals surface area contributed by atoms with Gasteiger partial charge < -0.3 is 14.2 Å². The number of carbonyl (C=O) groups is 1. The van der Waals surface area contributed by atoms with Crippen LogP contribution in [0.1, 0.15) is 60.3 Å². The molecule has 4 rings (SSSR count). The van der Waals surface area contributed by atoms with E-state index >= 15 is 0 Å². The zero-order valence-corrected chi connectivity index (χ0v) is 15.6. The van der Waals surface area contributed by atoms with Crippen molar-refractivity contribution in [1.82, 2.24) is 0 Å². The van der Waals surface area contributed by atoms with Crippen LogP contribution in [0.15, 0.2) is 11.6 Å². The van der Waals surface area contributed by atoms with Gasteiger partial charge in [0.05, 0.1) is 24.2 Å². The van der Waals surface area contributed by atoms with Gasteiger partial charge in [0, 0.05) is 10.8 Å². The summed E-state index contributed by atoms with van der Waals surface area (Å²) >= 11 is 0. The van der Waals surface area contributed by atoms with E-state index in [0.29, 0.717) is 6.61 Å². The molecule has 0 aromatic rings. The molecule has 3 unspecified atom stereocenters. The molecule has 4 nitrogen and oxygen atoms in total. The van der Waals surface area contributed by atoms with E-state index in [0.717, 1.165) is 32.3 Å². The van der Waals surface area contributed by atoms with Gasteiger partial charge in [-0.3, -0.25) is 4.79 Å². The van der Waals surface area contributed by atoms with Crippen molar-refractivity contribution in [3.05, 3.63) is 11.6 Å². The van der Waals surface area contributed by atoms with Gasteiger partial charge in [0.25, 0.3) is 0 Å². The van der Waals surface area contributed by atoms with Crippen LogP contribution in [0.25, 0.3) is 0 Å². The minimum Gasteiger partial charge on any atom is -0.465 e. The van der Waals surface area contributed by atoms with E-state index in [9.17, 15) is 4.79 Å². The Morgan fingerprint density at radius 3 is 2.71 bits per heavy atom. The summed E-state index contributed by atoms with van der Waals surface area (Å²) in [5.74, 6) is -0.128. The summed E-state index contributed by atoms with van der Waals surface area (Å²) in [5, 5.41) is 0. The first-order chi connectivity index (χ1) is 11.1. The molecule has 24 heavy (non-hydrogen) atoms. The SMILES string of the molecule is CC1=C[C@H]2OC3CCC(C)(C34CO4)[C@@]2(COC(=O)C(C)(C)C)CC1. The molecule has 1 saturated carbocycles. The summed E-state index contributed by atoms with van der Waals surface area (Å²) in [6.07, 6.45) is 6.70. The van der Waals surface area contributed by atoms with Gasteiger partial charge >= 0.3 is 5.97 Å². The average molecular weight is 334 g/mol. The van der Waals surface area contributed by atoms with E-state index in [2.05, 4.69) is 19.9 Å². The van der Waals surface area contributed by atoms with Crippen LogP contribution in [-0.2, 0) is 19.0 Å². The highest BCUT2D eigenvalue weighted by atomic mass is 16.6. The maximum absolute atomic E-state index is 12.4. The molecular formula is C20H30O4. The second-order valence-corrected chi connectivity index (χ2v) is 9.59. The molecule has 4 aliphatic rings. The highest BCUT2D eigenvalue weighted by Gasteiger charge is 2.78. The summed E-state index contributed by atoms with van der Waals surface area (Å²) in [5.41, 5.74) is 0.611. The van der Waals surface area contributed by atoms with Crippen LogP contribution in [-0.4, -0.2) is 37.0 Å². The Morgan fingerprint density at radius 2 is 2.08 bits per heavy atom. The number of ether oxygens (including phenoxy) is 3. The van der Waals surface area contributed by atoms with E-state index in [1.54, 1.807) is 0 Å². The van der Waals surface area contributed by atoms with Crippen LogP contribution in [0, 0.1) is 16.2 Å². The Labute approximate surface area is 144 Å². The number of fused-ring (bicyclic) bond motifs is 2. The lowest BCUT2D eigenvalue weighted by atomic mass is 9.52. The largest absolute Gasteiger partial charge is 0.465 e. The van der Waals surface area contributed by atoms with Gasteiger partial charge in [0.1, 0.15) is 12.2 Å². The second kappa shape index (κ2) is 4.85. The zero-order valence-electron chi connectivity index (χ0n) is 15.6. The molecule has 0 aromatic heterocycles. The average Bonchev–Trinajstić information content (AvgIpc) is 3.26. The van der Waals surface area contributed by atoms with Crippen molar-refractivity contribution in [3.8, 4) is 0 Å². The highest BCUT2D eigenvalue weighted by molar-refractivity contribution is 5.75. The molecule has 5 atom stereocenters. The zero-order chi connectivity index (χ0) is 17.4. The first kappa shape index (κ1) is 16.6. The van der Waals surface area contributed by atoms with Crippen LogP contribution in [0.4, 0.5) is 0 Å². The van der Waals surface area contributed by atoms with Crippen molar-refractivity contribution in [1.29, 1.82) is 0 Å². The van der Waals surface area contributed by atoms with Gasteiger partial charge in [-0.15, -0.1) is 0 Å². The minimum atomic E-state index is -0.477. The molecule has 4 heteroatoms. The molecule has 0 amide bonds. The normalized spacial score (nSPS) is 46.5. The van der Waals surface area contributed by atoms with E-state index in [1.165, 1.54) is 5.57 Å². The van der Waals surface area contributed by atoms with Crippen molar-refractivity contribution in [2.24, 2.45) is 16.2 Å². The lowest BCUT2D eigenvalue weighted by Crippen LogP contribution is -2.64. The van der Waals surface area contributed by atoms with Crippen LogP contribution < -0.4 is 0 Å². The predicted molar refractivity (Wildman–Crippen MR) is 90.5 cm³/mol. The van der Waals surface area contributed by atoms with Crippen LogP contribution >= 0.6 is 0 Å². The predicted octanol–water partition coefficient (Wildman–Crippen LogP) is 3.64. The van der Waals surface area contributed by atoms with E-state index < -0.39 is 5.41 Å². The summed E-state index contributed by atoms with van der Waals surface area (Å²) in [6, 6.07) is 0. The van der Waals surface area contributed by atoms with Crippen LogP contribution in [0.3, 0.4) is 0 Å². The number of hydrogen-bond acceptors (Lipinski definition) is 4. The van der Waals surface area contributed by atoms with Crippen molar-refractivity contribution in [3.63, 3.8) is 0 Å².